The number of rotatable bonds is 6. The first kappa shape index (κ1) is 29.4. The minimum atomic E-state index is -0.545. The third-order valence-corrected chi connectivity index (χ3v) is 8.90. The van der Waals surface area contributed by atoms with Crippen molar-refractivity contribution in [3.8, 4) is 10.4 Å². The van der Waals surface area contributed by atoms with E-state index in [0.29, 0.717) is 46.8 Å². The summed E-state index contributed by atoms with van der Waals surface area (Å²) < 4.78 is 28.7. The van der Waals surface area contributed by atoms with Gasteiger partial charge in [-0.1, -0.05) is 32.0 Å². The summed E-state index contributed by atoms with van der Waals surface area (Å²) in [4.78, 5) is 27.2. The van der Waals surface area contributed by atoms with E-state index >= 15 is 0 Å². The molecule has 0 fully saturated rings. The van der Waals surface area contributed by atoms with Gasteiger partial charge in [-0.3, -0.25) is 4.79 Å². The van der Waals surface area contributed by atoms with Crippen molar-refractivity contribution in [2.75, 3.05) is 5.73 Å². The van der Waals surface area contributed by atoms with Gasteiger partial charge in [0.15, 0.2) is 5.65 Å². The lowest BCUT2D eigenvalue weighted by atomic mass is 9.97. The second kappa shape index (κ2) is 12.1. The monoisotopic (exact) mass is 610 g/mol. The number of nitrogens with zero attached hydrogens (tertiary/aromatic N) is 4. The maximum Gasteiger partial charge on any atom is 0.251 e. The fourth-order valence-corrected chi connectivity index (χ4v) is 6.82. The summed E-state index contributed by atoms with van der Waals surface area (Å²) in [6, 6.07) is 15.3. The van der Waals surface area contributed by atoms with E-state index in [4.69, 9.17) is 16.5 Å². The summed E-state index contributed by atoms with van der Waals surface area (Å²) in [5.74, 6) is -0.239. The molecule has 44 heavy (non-hydrogen) atoms. The van der Waals surface area contributed by atoms with Gasteiger partial charge in [0.2, 0.25) is 0 Å². The van der Waals surface area contributed by atoms with Gasteiger partial charge >= 0.3 is 0 Å². The van der Waals surface area contributed by atoms with Crippen LogP contribution in [0.1, 0.15) is 53.0 Å². The number of nitrogens with two attached hydrogens (primary N) is 2. The predicted molar refractivity (Wildman–Crippen MR) is 172 cm³/mol. The largest absolute Gasteiger partial charge is 0.383 e. The van der Waals surface area contributed by atoms with Gasteiger partial charge in [-0.2, -0.15) is 0 Å². The predicted octanol–water partition coefficient (Wildman–Crippen LogP) is 7.09. The van der Waals surface area contributed by atoms with E-state index in [1.54, 1.807) is 36.8 Å². The third kappa shape index (κ3) is 5.90. The molecule has 0 saturated carbocycles. The Balaban J connectivity index is 0.000000289. The number of thiophene rings is 1. The summed E-state index contributed by atoms with van der Waals surface area (Å²) in [6.07, 6.45) is 7.32. The van der Waals surface area contributed by atoms with Crippen molar-refractivity contribution < 1.29 is 13.6 Å². The Hall–Kier alpha value is -4.70. The normalized spacial score (nSPS) is 12.5. The number of amides is 1. The smallest absolute Gasteiger partial charge is 0.251 e. The molecular formula is C34H32F2N6OS. The average Bonchev–Trinajstić information content (AvgIpc) is 3.72. The van der Waals surface area contributed by atoms with Gasteiger partial charge in [0.05, 0.1) is 28.8 Å². The zero-order valence-electron chi connectivity index (χ0n) is 24.5. The zero-order valence-corrected chi connectivity index (χ0v) is 25.3. The highest BCUT2D eigenvalue weighted by atomic mass is 32.1. The first-order chi connectivity index (χ1) is 21.2. The second-order valence-electron chi connectivity index (χ2n) is 11.4. The van der Waals surface area contributed by atoms with Crippen LogP contribution in [-0.4, -0.2) is 25.4 Å². The van der Waals surface area contributed by atoms with Gasteiger partial charge in [-0.15, -0.1) is 11.3 Å². The number of carbonyl (C=O) groups is 1. The summed E-state index contributed by atoms with van der Waals surface area (Å²) >= 11 is 1.45. The Morgan fingerprint density at radius 2 is 1.75 bits per heavy atom. The molecule has 0 aliphatic heterocycles. The molecule has 4 heterocycles. The number of carbonyl (C=O) groups excluding carboxylic acids is 1. The molecule has 1 amide bonds. The lowest BCUT2D eigenvalue weighted by Crippen LogP contribution is -2.18. The highest BCUT2D eigenvalue weighted by molar-refractivity contribution is 7.23. The molecule has 4 aromatic heterocycles. The van der Waals surface area contributed by atoms with Gasteiger partial charge in [0.1, 0.15) is 23.0 Å². The lowest BCUT2D eigenvalue weighted by molar-refractivity contribution is 0.0999. The molecule has 7 rings (SSSR count). The number of hydrogen-bond donors (Lipinski definition) is 2. The fraction of sp³-hybridized carbons (Fsp3) is 0.235. The number of primary amides is 1. The van der Waals surface area contributed by atoms with E-state index in [0.717, 1.165) is 33.4 Å². The maximum absolute atomic E-state index is 13.4. The van der Waals surface area contributed by atoms with Crippen LogP contribution in [0.5, 0.6) is 0 Å². The van der Waals surface area contributed by atoms with Gasteiger partial charge in [0.25, 0.3) is 5.91 Å². The molecule has 2 aromatic carbocycles. The number of halogens is 2. The third-order valence-electron chi connectivity index (χ3n) is 7.71. The number of hydrogen-bond acceptors (Lipinski definition) is 6. The van der Waals surface area contributed by atoms with Crippen LogP contribution in [0.15, 0.2) is 67.1 Å². The molecule has 0 radical (unpaired) electrons. The van der Waals surface area contributed by atoms with Crippen LogP contribution < -0.4 is 11.5 Å². The van der Waals surface area contributed by atoms with Gasteiger partial charge in [0, 0.05) is 16.6 Å². The summed E-state index contributed by atoms with van der Waals surface area (Å²) in [5.41, 5.74) is 18.4. The molecule has 0 bridgehead atoms. The SMILES string of the molecule is CC(C)Cc1nc2c(ncn2Cc2ccc(F)cc2)c(-c2cc3ccnc(N)c3s2)c1C(N)=O.Fc1ccc2c(c1)CCC2. The number of anilines is 1. The van der Waals surface area contributed by atoms with Crippen LogP contribution in [0, 0.1) is 17.6 Å². The molecule has 0 unspecified atom stereocenters. The van der Waals surface area contributed by atoms with Crippen molar-refractivity contribution in [3.05, 3.63) is 107 Å². The Kier molecular flexibility index (Phi) is 8.09. The van der Waals surface area contributed by atoms with Crippen molar-refractivity contribution in [2.24, 2.45) is 11.7 Å². The Morgan fingerprint density at radius 1 is 1.00 bits per heavy atom. The molecule has 1 aliphatic carbocycles. The number of aryl methyl sites for hydroxylation is 2. The standard InChI is InChI=1S/C25H23FN6OS.C9H9F/c1-13(2)9-17-19(24(28)33)20(18-10-15-7-8-29-23(27)22(15)34-18)21-25(31-17)32(12-30-21)11-14-3-5-16(26)6-4-14;10-9-5-4-7-2-1-3-8(7)6-9/h3-8,10,12-13H,9,11H2,1-2H3,(H2,27,29)(H2,28,33);4-6H,1-3H2. The van der Waals surface area contributed by atoms with Crippen LogP contribution in [0.25, 0.3) is 31.7 Å². The molecule has 224 valence electrons. The maximum atomic E-state index is 13.4. The first-order valence-corrected chi connectivity index (χ1v) is 15.3. The number of fused-ring (bicyclic) bond motifs is 3. The van der Waals surface area contributed by atoms with Gasteiger partial charge in [-0.05, 0) is 90.1 Å². The van der Waals surface area contributed by atoms with Crippen molar-refractivity contribution in [3.63, 3.8) is 0 Å². The second-order valence-corrected chi connectivity index (χ2v) is 12.5. The molecule has 4 N–H and O–H groups in total. The van der Waals surface area contributed by atoms with E-state index < -0.39 is 5.91 Å². The molecule has 7 nitrogen and oxygen atoms in total. The molecule has 0 saturated heterocycles. The first-order valence-electron chi connectivity index (χ1n) is 14.5. The zero-order chi connectivity index (χ0) is 31.0. The molecular weight excluding hydrogens is 578 g/mol. The molecule has 6 aromatic rings. The highest BCUT2D eigenvalue weighted by Crippen LogP contribution is 2.41. The molecule has 0 spiro atoms. The Bertz CT molecular complexity index is 2000. The van der Waals surface area contributed by atoms with E-state index in [9.17, 15) is 13.6 Å². The van der Waals surface area contributed by atoms with Crippen molar-refractivity contribution in [2.45, 2.75) is 46.1 Å². The summed E-state index contributed by atoms with van der Waals surface area (Å²) in [7, 11) is 0. The Morgan fingerprint density at radius 3 is 2.48 bits per heavy atom. The van der Waals surface area contributed by atoms with Crippen LogP contribution >= 0.6 is 11.3 Å². The minimum absolute atomic E-state index is 0.0966. The summed E-state index contributed by atoms with van der Waals surface area (Å²) in [6.45, 7) is 4.60. The van der Waals surface area contributed by atoms with Crippen molar-refractivity contribution in [1.82, 2.24) is 19.5 Å². The molecule has 10 heteroatoms. The van der Waals surface area contributed by atoms with Crippen LogP contribution in [0.3, 0.4) is 0 Å². The van der Waals surface area contributed by atoms with E-state index in [2.05, 4.69) is 23.8 Å². The quantitative estimate of drug-likeness (QED) is 0.209. The van der Waals surface area contributed by atoms with Crippen molar-refractivity contribution >= 4 is 44.3 Å². The van der Waals surface area contributed by atoms with Gasteiger partial charge < -0.3 is 16.0 Å². The minimum Gasteiger partial charge on any atom is -0.383 e. The molecule has 0 atom stereocenters. The van der Waals surface area contributed by atoms with Gasteiger partial charge in [-0.25, -0.2) is 23.7 Å². The average molecular weight is 611 g/mol. The number of imidazole rings is 1. The number of aromatic nitrogens is 4. The Labute approximate surface area is 257 Å². The van der Waals surface area contributed by atoms with E-state index in [1.165, 1.54) is 41.0 Å². The van der Waals surface area contributed by atoms with Crippen LogP contribution in [0.4, 0.5) is 14.6 Å². The van der Waals surface area contributed by atoms with E-state index in [1.807, 2.05) is 22.8 Å². The van der Waals surface area contributed by atoms with Crippen LogP contribution in [-0.2, 0) is 25.8 Å². The topological polar surface area (TPSA) is 113 Å². The lowest BCUT2D eigenvalue weighted by Gasteiger charge is -2.14. The fourth-order valence-electron chi connectivity index (χ4n) is 5.71. The number of pyridine rings is 2. The summed E-state index contributed by atoms with van der Waals surface area (Å²) in [5, 5.41) is 0.934. The van der Waals surface area contributed by atoms with E-state index in [-0.39, 0.29) is 17.6 Å². The van der Waals surface area contributed by atoms with Crippen molar-refractivity contribution in [1.29, 1.82) is 0 Å². The highest BCUT2D eigenvalue weighted by Gasteiger charge is 2.25. The number of benzene rings is 2. The molecule has 1 aliphatic rings. The van der Waals surface area contributed by atoms with Crippen LogP contribution in [0.2, 0.25) is 0 Å². The number of nitrogen functional groups attached to an aromatic ring is 1.